The Hall–Kier alpha value is -1.30. The first-order valence-corrected chi connectivity index (χ1v) is 3.70. The number of rotatable bonds is 2. The number of nitrogens with zero attached hydrogens (tertiary/aromatic N) is 3. The molecule has 0 aliphatic heterocycles. The zero-order chi connectivity index (χ0) is 8.27. The van der Waals surface area contributed by atoms with Gasteiger partial charge >= 0.3 is 0 Å². The summed E-state index contributed by atoms with van der Waals surface area (Å²) in [7, 11) is 0. The molecule has 0 aromatic carbocycles. The summed E-state index contributed by atoms with van der Waals surface area (Å²) < 4.78 is 1.80. The zero-order valence-electron chi connectivity index (χ0n) is 6.76. The Balaban J connectivity index is 3.12. The van der Waals surface area contributed by atoms with Crippen molar-refractivity contribution in [3.8, 4) is 6.07 Å². The molecule has 0 N–H and O–H groups in total. The highest BCUT2D eigenvalue weighted by Crippen LogP contribution is 2.06. The van der Waals surface area contributed by atoms with Crippen molar-refractivity contribution in [1.82, 2.24) is 9.78 Å². The van der Waals surface area contributed by atoms with E-state index < -0.39 is 0 Å². The summed E-state index contributed by atoms with van der Waals surface area (Å²) in [5, 5.41) is 12.6. The van der Waals surface area contributed by atoms with Gasteiger partial charge in [0.15, 0.2) is 0 Å². The molecule has 1 aromatic rings. The summed E-state index contributed by atoms with van der Waals surface area (Å²) in [5.74, 6) is 0. The van der Waals surface area contributed by atoms with Gasteiger partial charge in [0.05, 0.1) is 5.69 Å². The van der Waals surface area contributed by atoms with E-state index in [-0.39, 0.29) is 0 Å². The maximum atomic E-state index is 8.62. The standard InChI is InChI=1S/C8H10N3/c1-3-8-7(5-9)6-10-11(8)4-2/h3-4H2,1-2H3. The van der Waals surface area contributed by atoms with E-state index in [0.717, 1.165) is 18.7 Å². The van der Waals surface area contributed by atoms with E-state index in [1.807, 2.05) is 13.8 Å². The monoisotopic (exact) mass is 148 g/mol. The number of nitriles is 1. The summed E-state index contributed by atoms with van der Waals surface area (Å²) in [6, 6.07) is 2.06. The highest BCUT2D eigenvalue weighted by Gasteiger charge is 2.06. The van der Waals surface area contributed by atoms with E-state index in [1.165, 1.54) is 0 Å². The van der Waals surface area contributed by atoms with Crippen LogP contribution in [0.2, 0.25) is 0 Å². The molecule has 0 amide bonds. The lowest BCUT2D eigenvalue weighted by atomic mass is 10.2. The minimum atomic E-state index is 0.578. The van der Waals surface area contributed by atoms with Gasteiger partial charge in [-0.2, -0.15) is 10.4 Å². The number of aryl methyl sites for hydroxylation is 1. The van der Waals surface area contributed by atoms with Crippen molar-refractivity contribution in [3.63, 3.8) is 0 Å². The first-order valence-electron chi connectivity index (χ1n) is 3.70. The maximum Gasteiger partial charge on any atom is 0.132 e. The minimum absolute atomic E-state index is 0.578. The molecule has 3 heteroatoms. The van der Waals surface area contributed by atoms with E-state index in [4.69, 9.17) is 5.26 Å². The van der Waals surface area contributed by atoms with Crippen LogP contribution < -0.4 is 0 Å². The third kappa shape index (κ3) is 1.25. The average molecular weight is 148 g/mol. The lowest BCUT2D eigenvalue weighted by Gasteiger charge is -1.99. The molecule has 0 unspecified atom stereocenters. The fourth-order valence-corrected chi connectivity index (χ4v) is 1.07. The Bertz CT molecular complexity index is 280. The predicted molar refractivity (Wildman–Crippen MR) is 40.8 cm³/mol. The molecule has 57 valence electrons. The van der Waals surface area contributed by atoms with Crippen molar-refractivity contribution < 1.29 is 0 Å². The van der Waals surface area contributed by atoms with Crippen molar-refractivity contribution in [2.75, 3.05) is 0 Å². The molecule has 1 rings (SSSR count). The number of aromatic nitrogens is 2. The van der Waals surface area contributed by atoms with Gasteiger partial charge in [0.1, 0.15) is 17.8 Å². The van der Waals surface area contributed by atoms with Crippen LogP contribution in [0.25, 0.3) is 0 Å². The van der Waals surface area contributed by atoms with Crippen LogP contribution in [-0.2, 0) is 13.0 Å². The van der Waals surface area contributed by atoms with Crippen molar-refractivity contribution in [1.29, 1.82) is 5.26 Å². The van der Waals surface area contributed by atoms with Crippen LogP contribution in [-0.4, -0.2) is 9.78 Å². The molecule has 0 saturated heterocycles. The lowest BCUT2D eigenvalue weighted by Crippen LogP contribution is -2.01. The first kappa shape index (κ1) is 7.80. The average Bonchev–Trinajstić information content (AvgIpc) is 2.45. The van der Waals surface area contributed by atoms with Crippen molar-refractivity contribution in [2.45, 2.75) is 26.8 Å². The van der Waals surface area contributed by atoms with Gasteiger partial charge in [0.2, 0.25) is 0 Å². The third-order valence-electron chi connectivity index (χ3n) is 1.63. The van der Waals surface area contributed by atoms with Crippen LogP contribution in [0.4, 0.5) is 0 Å². The molecule has 0 atom stereocenters. The molecule has 0 saturated carbocycles. The molecule has 0 fully saturated rings. The highest BCUT2D eigenvalue weighted by molar-refractivity contribution is 5.30. The summed E-state index contributed by atoms with van der Waals surface area (Å²) in [4.78, 5) is 0. The van der Waals surface area contributed by atoms with Gasteiger partial charge in [-0.25, -0.2) is 0 Å². The molecule has 1 aromatic heterocycles. The topological polar surface area (TPSA) is 41.6 Å². The van der Waals surface area contributed by atoms with Crippen LogP contribution in [0, 0.1) is 17.5 Å². The summed E-state index contributed by atoms with van der Waals surface area (Å²) in [6.45, 7) is 4.82. The van der Waals surface area contributed by atoms with Gasteiger partial charge in [0.25, 0.3) is 0 Å². The van der Waals surface area contributed by atoms with E-state index in [9.17, 15) is 0 Å². The first-order chi connectivity index (χ1) is 5.33. The van der Waals surface area contributed by atoms with E-state index in [0.29, 0.717) is 5.56 Å². The molecule has 1 radical (unpaired) electrons. The van der Waals surface area contributed by atoms with E-state index >= 15 is 0 Å². The fraction of sp³-hybridized carbons (Fsp3) is 0.500. The third-order valence-corrected chi connectivity index (χ3v) is 1.63. The molecule has 0 spiro atoms. The molecule has 3 nitrogen and oxygen atoms in total. The molecule has 11 heavy (non-hydrogen) atoms. The quantitative estimate of drug-likeness (QED) is 0.631. The highest BCUT2D eigenvalue weighted by atomic mass is 15.3. The Morgan fingerprint density at radius 3 is 2.82 bits per heavy atom. The van der Waals surface area contributed by atoms with Gasteiger partial charge in [0, 0.05) is 6.54 Å². The Morgan fingerprint density at radius 1 is 1.64 bits per heavy atom. The van der Waals surface area contributed by atoms with E-state index in [2.05, 4.69) is 17.4 Å². The Labute approximate surface area is 66.3 Å². The predicted octanol–water partition coefficient (Wildman–Crippen LogP) is 1.14. The Kier molecular flexibility index (Phi) is 2.27. The van der Waals surface area contributed by atoms with Gasteiger partial charge in [-0.1, -0.05) is 6.92 Å². The summed E-state index contributed by atoms with van der Waals surface area (Å²) in [5.41, 5.74) is 1.56. The van der Waals surface area contributed by atoms with Gasteiger partial charge in [-0.15, -0.1) is 0 Å². The summed E-state index contributed by atoms with van der Waals surface area (Å²) in [6.07, 6.45) is 3.52. The second-order valence-corrected chi connectivity index (χ2v) is 2.21. The SMILES string of the molecule is CCc1c(C#N)[c]nn1CC. The molecule has 0 aliphatic carbocycles. The maximum absolute atomic E-state index is 8.62. The molecular formula is C8H10N3. The normalized spacial score (nSPS) is 9.55. The van der Waals surface area contributed by atoms with Crippen molar-refractivity contribution >= 4 is 0 Å². The van der Waals surface area contributed by atoms with Crippen molar-refractivity contribution in [2.24, 2.45) is 0 Å². The van der Waals surface area contributed by atoms with E-state index in [1.54, 1.807) is 4.68 Å². The number of hydrogen-bond acceptors (Lipinski definition) is 2. The van der Waals surface area contributed by atoms with Crippen LogP contribution in [0.15, 0.2) is 0 Å². The fourth-order valence-electron chi connectivity index (χ4n) is 1.07. The van der Waals surface area contributed by atoms with Gasteiger partial charge in [-0.05, 0) is 13.3 Å². The Morgan fingerprint density at radius 2 is 2.36 bits per heavy atom. The second-order valence-electron chi connectivity index (χ2n) is 2.21. The van der Waals surface area contributed by atoms with Crippen LogP contribution in [0.5, 0.6) is 0 Å². The van der Waals surface area contributed by atoms with Crippen LogP contribution in [0.3, 0.4) is 0 Å². The van der Waals surface area contributed by atoms with Crippen LogP contribution >= 0.6 is 0 Å². The molecule has 0 bridgehead atoms. The number of hydrogen-bond donors (Lipinski definition) is 0. The molecule has 1 heterocycles. The summed E-state index contributed by atoms with van der Waals surface area (Å²) >= 11 is 0. The lowest BCUT2D eigenvalue weighted by molar-refractivity contribution is 0.624. The van der Waals surface area contributed by atoms with Gasteiger partial charge < -0.3 is 0 Å². The van der Waals surface area contributed by atoms with Crippen LogP contribution in [0.1, 0.15) is 25.1 Å². The smallest absolute Gasteiger partial charge is 0.132 e. The van der Waals surface area contributed by atoms with Crippen molar-refractivity contribution in [3.05, 3.63) is 17.5 Å². The second kappa shape index (κ2) is 3.20. The minimum Gasteiger partial charge on any atom is -0.268 e. The van der Waals surface area contributed by atoms with Gasteiger partial charge in [-0.3, -0.25) is 4.68 Å². The molecule has 0 aliphatic rings. The molecular weight excluding hydrogens is 138 g/mol. The largest absolute Gasteiger partial charge is 0.268 e. The zero-order valence-corrected chi connectivity index (χ0v) is 6.76.